The van der Waals surface area contributed by atoms with Crippen LogP contribution in [0.4, 0.5) is 8.78 Å². The molecule has 58 valence electrons. The summed E-state index contributed by atoms with van der Waals surface area (Å²) in [6.45, 7) is 1.84. The van der Waals surface area contributed by atoms with Crippen molar-refractivity contribution in [3.8, 4) is 6.07 Å². The van der Waals surface area contributed by atoms with Crippen LogP contribution in [-0.2, 0) is 0 Å². The van der Waals surface area contributed by atoms with Gasteiger partial charge in [-0.25, -0.2) is 8.78 Å². The quantitative estimate of drug-likeness (QED) is 0.599. The Kier molecular flexibility index (Phi) is 4.82. The van der Waals surface area contributed by atoms with E-state index in [9.17, 15) is 8.78 Å². The highest BCUT2D eigenvalue weighted by Gasteiger charge is 2.18. The fraction of sp³-hybridized carbons (Fsp3) is 0.857. The molecule has 0 heterocycles. The van der Waals surface area contributed by atoms with Gasteiger partial charge in [0.15, 0.2) is 0 Å². The van der Waals surface area contributed by atoms with Gasteiger partial charge in [-0.3, -0.25) is 0 Å². The van der Waals surface area contributed by atoms with Gasteiger partial charge in [0.2, 0.25) is 6.43 Å². The number of hydrogen-bond acceptors (Lipinski definition) is 1. The molecule has 10 heavy (non-hydrogen) atoms. The van der Waals surface area contributed by atoms with Crippen LogP contribution in [0.3, 0.4) is 0 Å². The first kappa shape index (κ1) is 9.35. The second-order valence-corrected chi connectivity index (χ2v) is 2.25. The van der Waals surface area contributed by atoms with Crippen LogP contribution in [0, 0.1) is 17.2 Å². The average Bonchev–Trinajstić information content (AvgIpc) is 1.87. The van der Waals surface area contributed by atoms with Crippen LogP contribution in [0.1, 0.15) is 26.2 Å². The Labute approximate surface area is 59.7 Å². The molecule has 0 saturated heterocycles. The summed E-state index contributed by atoms with van der Waals surface area (Å²) in [6.07, 6.45) is -1.19. The minimum Gasteiger partial charge on any atom is -0.210 e. The summed E-state index contributed by atoms with van der Waals surface area (Å²) in [4.78, 5) is 0. The third-order valence-corrected chi connectivity index (χ3v) is 1.37. The standard InChI is InChI=1S/C7H11F2N/c1-2-3-6(4-5-10)7(8)9/h6-7H,2-4H2,1H3. The van der Waals surface area contributed by atoms with E-state index in [-0.39, 0.29) is 6.42 Å². The number of nitrogens with zero attached hydrogens (tertiary/aromatic N) is 1. The van der Waals surface area contributed by atoms with Crippen molar-refractivity contribution in [3.05, 3.63) is 0 Å². The molecule has 0 aliphatic rings. The van der Waals surface area contributed by atoms with Crippen LogP contribution in [0.5, 0.6) is 0 Å². The Hall–Kier alpha value is -0.650. The fourth-order valence-electron chi connectivity index (χ4n) is 0.805. The van der Waals surface area contributed by atoms with Crippen molar-refractivity contribution in [2.45, 2.75) is 32.6 Å². The van der Waals surface area contributed by atoms with Gasteiger partial charge in [0.05, 0.1) is 6.07 Å². The maximum Gasteiger partial charge on any atom is 0.242 e. The Balaban J connectivity index is 3.63. The Bertz CT molecular complexity index is 117. The number of alkyl halides is 2. The van der Waals surface area contributed by atoms with Crippen molar-refractivity contribution >= 4 is 0 Å². The molecule has 0 aliphatic heterocycles. The molecule has 0 saturated carbocycles. The summed E-state index contributed by atoms with van der Waals surface area (Å²) < 4.78 is 23.8. The van der Waals surface area contributed by atoms with E-state index in [0.29, 0.717) is 6.42 Å². The highest BCUT2D eigenvalue weighted by atomic mass is 19.3. The van der Waals surface area contributed by atoms with Gasteiger partial charge >= 0.3 is 0 Å². The lowest BCUT2D eigenvalue weighted by Gasteiger charge is -2.09. The summed E-state index contributed by atoms with van der Waals surface area (Å²) in [5.74, 6) is -0.713. The van der Waals surface area contributed by atoms with Crippen molar-refractivity contribution < 1.29 is 8.78 Å². The molecule has 3 heteroatoms. The van der Waals surface area contributed by atoms with Gasteiger partial charge < -0.3 is 0 Å². The monoisotopic (exact) mass is 147 g/mol. The summed E-state index contributed by atoms with van der Waals surface area (Å²) in [6, 6.07) is 1.75. The van der Waals surface area contributed by atoms with Crippen LogP contribution in [0.15, 0.2) is 0 Å². The van der Waals surface area contributed by atoms with Gasteiger partial charge in [-0.15, -0.1) is 0 Å². The molecule has 0 fully saturated rings. The van der Waals surface area contributed by atoms with Gasteiger partial charge in [-0.05, 0) is 6.42 Å². The van der Waals surface area contributed by atoms with Gasteiger partial charge in [0, 0.05) is 12.3 Å². The number of halogens is 2. The van der Waals surface area contributed by atoms with E-state index >= 15 is 0 Å². The minimum atomic E-state index is -2.33. The molecule has 1 unspecified atom stereocenters. The van der Waals surface area contributed by atoms with Crippen LogP contribution in [0.2, 0.25) is 0 Å². The molecule has 0 spiro atoms. The molecule has 0 aromatic carbocycles. The molecule has 0 aromatic rings. The Morgan fingerprint density at radius 1 is 1.50 bits per heavy atom. The maximum atomic E-state index is 11.9. The zero-order chi connectivity index (χ0) is 7.98. The molecule has 0 amide bonds. The lowest BCUT2D eigenvalue weighted by molar-refractivity contribution is 0.0742. The van der Waals surface area contributed by atoms with Crippen molar-refractivity contribution in [3.63, 3.8) is 0 Å². The van der Waals surface area contributed by atoms with E-state index in [2.05, 4.69) is 0 Å². The van der Waals surface area contributed by atoms with E-state index < -0.39 is 12.3 Å². The Morgan fingerprint density at radius 3 is 2.40 bits per heavy atom. The molecule has 0 bridgehead atoms. The molecule has 0 aromatic heterocycles. The number of hydrogen-bond donors (Lipinski definition) is 0. The zero-order valence-corrected chi connectivity index (χ0v) is 5.98. The van der Waals surface area contributed by atoms with Crippen LogP contribution in [0.25, 0.3) is 0 Å². The van der Waals surface area contributed by atoms with E-state index in [4.69, 9.17) is 5.26 Å². The van der Waals surface area contributed by atoms with Crippen molar-refractivity contribution in [2.75, 3.05) is 0 Å². The lowest BCUT2D eigenvalue weighted by Crippen LogP contribution is -2.09. The summed E-state index contributed by atoms with van der Waals surface area (Å²) >= 11 is 0. The smallest absolute Gasteiger partial charge is 0.210 e. The third kappa shape index (κ3) is 3.39. The van der Waals surface area contributed by atoms with E-state index in [1.165, 1.54) is 0 Å². The fourth-order valence-corrected chi connectivity index (χ4v) is 0.805. The molecule has 0 aliphatic carbocycles. The highest BCUT2D eigenvalue weighted by Crippen LogP contribution is 2.18. The Morgan fingerprint density at radius 2 is 2.10 bits per heavy atom. The molecule has 0 rings (SSSR count). The topological polar surface area (TPSA) is 23.8 Å². The van der Waals surface area contributed by atoms with E-state index in [1.54, 1.807) is 6.07 Å². The van der Waals surface area contributed by atoms with Crippen molar-refractivity contribution in [1.29, 1.82) is 5.26 Å². The number of rotatable bonds is 4. The van der Waals surface area contributed by atoms with Gasteiger partial charge in [-0.1, -0.05) is 13.3 Å². The maximum absolute atomic E-state index is 11.9. The second kappa shape index (κ2) is 5.16. The van der Waals surface area contributed by atoms with Crippen molar-refractivity contribution in [1.82, 2.24) is 0 Å². The predicted octanol–water partition coefficient (Wildman–Crippen LogP) is 2.58. The molecular weight excluding hydrogens is 136 g/mol. The largest absolute Gasteiger partial charge is 0.242 e. The summed E-state index contributed by atoms with van der Waals surface area (Å²) in [5.41, 5.74) is 0. The zero-order valence-electron chi connectivity index (χ0n) is 5.98. The summed E-state index contributed by atoms with van der Waals surface area (Å²) in [5, 5.41) is 8.13. The minimum absolute atomic E-state index is 0.0223. The summed E-state index contributed by atoms with van der Waals surface area (Å²) in [7, 11) is 0. The molecule has 0 N–H and O–H groups in total. The van der Waals surface area contributed by atoms with Crippen LogP contribution < -0.4 is 0 Å². The normalized spacial score (nSPS) is 13.1. The van der Waals surface area contributed by atoms with E-state index in [0.717, 1.165) is 6.42 Å². The van der Waals surface area contributed by atoms with E-state index in [1.807, 2.05) is 6.92 Å². The first-order valence-corrected chi connectivity index (χ1v) is 3.37. The van der Waals surface area contributed by atoms with Crippen molar-refractivity contribution in [2.24, 2.45) is 5.92 Å². The number of nitriles is 1. The average molecular weight is 147 g/mol. The highest BCUT2D eigenvalue weighted by molar-refractivity contribution is 4.76. The van der Waals surface area contributed by atoms with Crippen LogP contribution >= 0.6 is 0 Å². The first-order valence-electron chi connectivity index (χ1n) is 3.37. The molecule has 1 atom stereocenters. The van der Waals surface area contributed by atoms with Gasteiger partial charge in [0.25, 0.3) is 0 Å². The molecular formula is C7H11F2N. The first-order chi connectivity index (χ1) is 4.72. The third-order valence-electron chi connectivity index (χ3n) is 1.37. The second-order valence-electron chi connectivity index (χ2n) is 2.25. The van der Waals surface area contributed by atoms with Crippen LogP contribution in [-0.4, -0.2) is 6.43 Å². The SMILES string of the molecule is CCCC(CC#N)C(F)F. The van der Waals surface area contributed by atoms with Gasteiger partial charge in [0.1, 0.15) is 0 Å². The molecule has 0 radical (unpaired) electrons. The van der Waals surface area contributed by atoms with Gasteiger partial charge in [-0.2, -0.15) is 5.26 Å². The predicted molar refractivity (Wildman–Crippen MR) is 34.6 cm³/mol. The molecule has 1 nitrogen and oxygen atoms in total. The lowest BCUT2D eigenvalue weighted by atomic mass is 10.0.